The maximum atomic E-state index is 3.37. The van der Waals surface area contributed by atoms with Crippen LogP contribution in [0.2, 0.25) is 0 Å². The first kappa shape index (κ1) is 27.0. The van der Waals surface area contributed by atoms with Gasteiger partial charge in [0.25, 0.3) is 0 Å². The molecule has 0 aromatic heterocycles. The smallest absolute Gasteiger partial charge is 0.00277 e. The molecule has 0 aliphatic rings. The molecule has 0 aliphatic carbocycles. The van der Waals surface area contributed by atoms with E-state index in [1.165, 1.54) is 44.5 Å². The molecule has 38 heavy (non-hydrogen) atoms. The van der Waals surface area contributed by atoms with Crippen molar-refractivity contribution in [2.75, 3.05) is 0 Å². The van der Waals surface area contributed by atoms with Gasteiger partial charge < -0.3 is 0 Å². The molecular formula is C38H38. The minimum absolute atomic E-state index is 1.04. The molecule has 4 aromatic rings. The molecule has 0 atom stereocenters. The van der Waals surface area contributed by atoms with Crippen molar-refractivity contribution in [3.8, 4) is 11.8 Å². The normalized spacial score (nSPS) is 10.3. The average molecular weight is 495 g/mol. The Kier molecular flexibility index (Phi) is 9.55. The lowest BCUT2D eigenvalue weighted by molar-refractivity contribution is 1.14. The first-order valence-corrected chi connectivity index (χ1v) is 13.9. The van der Waals surface area contributed by atoms with Gasteiger partial charge in [0.15, 0.2) is 0 Å². The van der Waals surface area contributed by atoms with E-state index in [9.17, 15) is 0 Å². The summed E-state index contributed by atoms with van der Waals surface area (Å²) in [5.41, 5.74) is 12.4. The Hall–Kier alpha value is -4.08. The Morgan fingerprint density at radius 2 is 0.605 bits per heavy atom. The third kappa shape index (κ3) is 6.81. The first-order valence-electron chi connectivity index (χ1n) is 13.9. The molecule has 0 heterocycles. The second-order valence-corrected chi connectivity index (χ2v) is 9.61. The fourth-order valence-corrected chi connectivity index (χ4v) is 4.57. The monoisotopic (exact) mass is 494 g/mol. The summed E-state index contributed by atoms with van der Waals surface area (Å²) in [5, 5.41) is 0. The topological polar surface area (TPSA) is 0 Å². The second-order valence-electron chi connectivity index (χ2n) is 9.61. The van der Waals surface area contributed by atoms with Crippen molar-refractivity contribution >= 4 is 11.1 Å². The highest BCUT2D eigenvalue weighted by atomic mass is 14.1. The highest BCUT2D eigenvalue weighted by molar-refractivity contribution is 5.83. The lowest BCUT2D eigenvalue weighted by Gasteiger charge is -2.10. The molecule has 4 rings (SSSR count). The number of benzene rings is 4. The van der Waals surface area contributed by atoms with Crippen LogP contribution in [0.5, 0.6) is 0 Å². The molecule has 0 bridgehead atoms. The van der Waals surface area contributed by atoms with Crippen LogP contribution in [-0.4, -0.2) is 0 Å². The standard InChI is InChI=1S/C38H38/c1-5-29-13-21-33(22-14-29)37(34-23-15-30(6-2)16-24-34)11-9-10-12-38(35-25-17-31(7-3)18-26-35)36-27-19-32(8-4)20-28-36/h11-28H,5-8H2,1-4H3. The molecule has 0 fully saturated rings. The number of allylic oxidation sites excluding steroid dienone is 2. The van der Waals surface area contributed by atoms with Gasteiger partial charge in [0.1, 0.15) is 0 Å². The van der Waals surface area contributed by atoms with Gasteiger partial charge in [0.05, 0.1) is 0 Å². The largest absolute Gasteiger partial charge is 0.0696 e. The minimum atomic E-state index is 1.04. The van der Waals surface area contributed by atoms with Gasteiger partial charge in [-0.3, -0.25) is 0 Å². The van der Waals surface area contributed by atoms with Gasteiger partial charge in [-0.05, 0) is 93.5 Å². The van der Waals surface area contributed by atoms with E-state index < -0.39 is 0 Å². The molecule has 0 radical (unpaired) electrons. The van der Waals surface area contributed by atoms with Crippen molar-refractivity contribution in [1.29, 1.82) is 0 Å². The Morgan fingerprint density at radius 3 is 0.789 bits per heavy atom. The van der Waals surface area contributed by atoms with Crippen LogP contribution >= 0.6 is 0 Å². The molecule has 4 aromatic carbocycles. The molecule has 0 saturated carbocycles. The quantitative estimate of drug-likeness (QED) is 0.214. The second kappa shape index (κ2) is 13.5. The van der Waals surface area contributed by atoms with E-state index >= 15 is 0 Å². The summed E-state index contributed by atoms with van der Waals surface area (Å²) in [7, 11) is 0. The van der Waals surface area contributed by atoms with E-state index in [1.54, 1.807) is 0 Å². The molecule has 0 heteroatoms. The van der Waals surface area contributed by atoms with Gasteiger partial charge in [-0.25, -0.2) is 0 Å². The maximum Gasteiger partial charge on any atom is -0.00277 e. The predicted octanol–water partition coefficient (Wildman–Crippen LogP) is 9.50. The zero-order chi connectivity index (χ0) is 26.7. The summed E-state index contributed by atoms with van der Waals surface area (Å²) in [6, 6.07) is 35.5. The number of aryl methyl sites for hydroxylation is 4. The molecule has 0 nitrogen and oxygen atoms in total. The summed E-state index contributed by atoms with van der Waals surface area (Å²) in [5.74, 6) is 6.73. The van der Waals surface area contributed by atoms with Gasteiger partial charge in [-0.1, -0.05) is 137 Å². The SMILES string of the molecule is CCc1ccc(C(=CC#CC=C(c2ccc(CC)cc2)c2ccc(CC)cc2)c2ccc(CC)cc2)cc1. The fourth-order valence-electron chi connectivity index (χ4n) is 4.57. The van der Waals surface area contributed by atoms with E-state index in [-0.39, 0.29) is 0 Å². The Balaban J connectivity index is 1.75. The molecule has 0 amide bonds. The van der Waals surface area contributed by atoms with Gasteiger partial charge in [-0.15, -0.1) is 0 Å². The minimum Gasteiger partial charge on any atom is -0.0696 e. The van der Waals surface area contributed by atoms with Crippen molar-refractivity contribution in [3.63, 3.8) is 0 Å². The van der Waals surface area contributed by atoms with Crippen LogP contribution in [0.4, 0.5) is 0 Å². The zero-order valence-electron chi connectivity index (χ0n) is 23.2. The third-order valence-electron chi connectivity index (χ3n) is 7.21. The molecular weight excluding hydrogens is 456 g/mol. The van der Waals surface area contributed by atoms with Crippen LogP contribution in [0.25, 0.3) is 11.1 Å². The summed E-state index contributed by atoms with van der Waals surface area (Å²) >= 11 is 0. The summed E-state index contributed by atoms with van der Waals surface area (Å²) in [6.45, 7) is 8.76. The van der Waals surface area contributed by atoms with E-state index in [1.807, 2.05) is 0 Å². The average Bonchev–Trinajstić information content (AvgIpc) is 2.99. The van der Waals surface area contributed by atoms with Gasteiger partial charge in [-0.2, -0.15) is 0 Å². The molecule has 0 unspecified atom stereocenters. The molecule has 190 valence electrons. The van der Waals surface area contributed by atoms with E-state index in [4.69, 9.17) is 0 Å². The van der Waals surface area contributed by atoms with E-state index in [2.05, 4.69) is 149 Å². The van der Waals surface area contributed by atoms with Crippen LogP contribution in [0.3, 0.4) is 0 Å². The van der Waals surface area contributed by atoms with Crippen molar-refractivity contribution < 1.29 is 0 Å². The third-order valence-corrected chi connectivity index (χ3v) is 7.21. The van der Waals surface area contributed by atoms with Crippen LogP contribution in [0.15, 0.2) is 109 Å². The summed E-state index contributed by atoms with van der Waals surface area (Å²) in [4.78, 5) is 0. The molecule has 0 aliphatic heterocycles. The number of rotatable bonds is 8. The summed E-state index contributed by atoms with van der Waals surface area (Å²) in [6.07, 6.45) is 8.28. The van der Waals surface area contributed by atoms with E-state index in [0.717, 1.165) is 36.8 Å². The van der Waals surface area contributed by atoms with E-state index in [0.29, 0.717) is 0 Å². The highest BCUT2D eigenvalue weighted by Crippen LogP contribution is 2.26. The molecule has 0 N–H and O–H groups in total. The maximum absolute atomic E-state index is 3.37. The zero-order valence-corrected chi connectivity index (χ0v) is 23.2. The van der Waals surface area contributed by atoms with Gasteiger partial charge in [0, 0.05) is 0 Å². The molecule has 0 saturated heterocycles. The Bertz CT molecular complexity index is 1220. The van der Waals surface area contributed by atoms with Crippen molar-refractivity contribution in [1.82, 2.24) is 0 Å². The van der Waals surface area contributed by atoms with Crippen molar-refractivity contribution in [3.05, 3.63) is 154 Å². The fraction of sp³-hybridized carbons (Fsp3) is 0.211. The van der Waals surface area contributed by atoms with Gasteiger partial charge in [0.2, 0.25) is 0 Å². The van der Waals surface area contributed by atoms with Crippen LogP contribution in [-0.2, 0) is 25.7 Å². The summed E-state index contributed by atoms with van der Waals surface area (Å²) < 4.78 is 0. The van der Waals surface area contributed by atoms with Crippen LogP contribution in [0, 0.1) is 11.8 Å². The lowest BCUT2D eigenvalue weighted by atomic mass is 9.94. The lowest BCUT2D eigenvalue weighted by Crippen LogP contribution is -1.91. The predicted molar refractivity (Wildman–Crippen MR) is 165 cm³/mol. The Morgan fingerprint density at radius 1 is 0.395 bits per heavy atom. The number of hydrogen-bond acceptors (Lipinski definition) is 0. The van der Waals surface area contributed by atoms with Gasteiger partial charge >= 0.3 is 0 Å². The Labute approximate surface area is 229 Å². The highest BCUT2D eigenvalue weighted by Gasteiger charge is 2.07. The first-order chi connectivity index (χ1) is 18.6. The van der Waals surface area contributed by atoms with Crippen molar-refractivity contribution in [2.24, 2.45) is 0 Å². The number of hydrogen-bond donors (Lipinski definition) is 0. The van der Waals surface area contributed by atoms with Crippen LogP contribution in [0.1, 0.15) is 72.2 Å². The molecule has 0 spiro atoms. The van der Waals surface area contributed by atoms with Crippen LogP contribution < -0.4 is 0 Å². The van der Waals surface area contributed by atoms with Crippen molar-refractivity contribution in [2.45, 2.75) is 53.4 Å².